The Morgan fingerprint density at radius 1 is 0.333 bits per heavy atom. The van der Waals surface area contributed by atoms with Crippen LogP contribution in [0.2, 0.25) is 0 Å². The van der Waals surface area contributed by atoms with Gasteiger partial charge in [-0.25, -0.2) is 0 Å². The fourth-order valence-corrected chi connectivity index (χ4v) is 6.80. The second kappa shape index (κ2) is 53.4. The molecule has 0 aromatic rings. The lowest BCUT2D eigenvalue weighted by Gasteiger charge is -2.18. The Labute approximate surface area is 405 Å². The fourth-order valence-electron chi connectivity index (χ4n) is 6.80. The predicted octanol–water partition coefficient (Wildman–Crippen LogP) is 17.7. The van der Waals surface area contributed by atoms with Crippen molar-refractivity contribution in [2.75, 3.05) is 13.2 Å². The maximum absolute atomic E-state index is 12.8. The van der Waals surface area contributed by atoms with Crippen LogP contribution in [0.5, 0.6) is 0 Å². The van der Waals surface area contributed by atoms with Gasteiger partial charge in [-0.15, -0.1) is 0 Å². The van der Waals surface area contributed by atoms with Gasteiger partial charge in [0, 0.05) is 19.3 Å². The first kappa shape index (κ1) is 61.8. The molecule has 0 aromatic carbocycles. The van der Waals surface area contributed by atoms with E-state index in [0.29, 0.717) is 19.3 Å². The smallest absolute Gasteiger partial charge is 0.306 e. The summed E-state index contributed by atoms with van der Waals surface area (Å²) in [6, 6.07) is 0. The molecular weight excluding hydrogens is 817 g/mol. The molecule has 0 fully saturated rings. The summed E-state index contributed by atoms with van der Waals surface area (Å²) in [6.07, 6.45) is 73.2. The minimum absolute atomic E-state index is 0.110. The summed E-state index contributed by atoms with van der Waals surface area (Å²) >= 11 is 0. The van der Waals surface area contributed by atoms with Crippen molar-refractivity contribution >= 4 is 17.9 Å². The number of unbranched alkanes of at least 4 members (excludes halogenated alkanes) is 17. The summed E-state index contributed by atoms with van der Waals surface area (Å²) in [7, 11) is 0. The molecule has 372 valence electrons. The van der Waals surface area contributed by atoms with Gasteiger partial charge < -0.3 is 14.2 Å². The van der Waals surface area contributed by atoms with Gasteiger partial charge in [-0.05, 0) is 109 Å². The van der Waals surface area contributed by atoms with Gasteiger partial charge in [-0.1, -0.05) is 213 Å². The molecule has 0 aromatic heterocycles. The lowest BCUT2D eigenvalue weighted by atomic mass is 10.1. The highest BCUT2D eigenvalue weighted by molar-refractivity contribution is 5.71. The van der Waals surface area contributed by atoms with Crippen molar-refractivity contribution in [3.8, 4) is 0 Å². The molecule has 0 aliphatic carbocycles. The molecular formula is C60H96O6. The van der Waals surface area contributed by atoms with Gasteiger partial charge in [0.1, 0.15) is 13.2 Å². The first-order valence-corrected chi connectivity index (χ1v) is 26.6. The Kier molecular flexibility index (Phi) is 50.0. The van der Waals surface area contributed by atoms with Crippen LogP contribution in [0.1, 0.15) is 220 Å². The number of allylic oxidation sites excluding steroid dienone is 20. The predicted molar refractivity (Wildman–Crippen MR) is 283 cm³/mol. The molecule has 0 aliphatic heterocycles. The third-order valence-corrected chi connectivity index (χ3v) is 10.7. The molecule has 1 atom stereocenters. The molecule has 66 heavy (non-hydrogen) atoms. The van der Waals surface area contributed by atoms with E-state index < -0.39 is 6.10 Å². The number of hydrogen-bond acceptors (Lipinski definition) is 6. The van der Waals surface area contributed by atoms with E-state index in [2.05, 4.69) is 142 Å². The van der Waals surface area contributed by atoms with Crippen LogP contribution in [0, 0.1) is 0 Å². The van der Waals surface area contributed by atoms with Crippen LogP contribution in [0.3, 0.4) is 0 Å². The van der Waals surface area contributed by atoms with Crippen molar-refractivity contribution in [3.05, 3.63) is 122 Å². The van der Waals surface area contributed by atoms with Crippen molar-refractivity contribution < 1.29 is 28.6 Å². The zero-order chi connectivity index (χ0) is 47.9. The molecule has 0 radical (unpaired) electrons. The molecule has 0 spiro atoms. The Bertz CT molecular complexity index is 1420. The first-order valence-electron chi connectivity index (χ1n) is 26.6. The lowest BCUT2D eigenvalue weighted by Crippen LogP contribution is -2.30. The summed E-state index contributed by atoms with van der Waals surface area (Å²) in [5.74, 6) is -0.999. The van der Waals surface area contributed by atoms with E-state index in [9.17, 15) is 14.4 Å². The fraction of sp³-hybridized carbons (Fsp3) is 0.617. The molecule has 6 heteroatoms. The van der Waals surface area contributed by atoms with Crippen molar-refractivity contribution in [1.82, 2.24) is 0 Å². The summed E-state index contributed by atoms with van der Waals surface area (Å²) in [4.78, 5) is 38.0. The van der Waals surface area contributed by atoms with E-state index in [1.165, 1.54) is 64.2 Å². The number of carbonyl (C=O) groups is 3. The van der Waals surface area contributed by atoms with Crippen LogP contribution >= 0.6 is 0 Å². The quantitative estimate of drug-likeness (QED) is 0.0199. The third-order valence-electron chi connectivity index (χ3n) is 10.7. The number of ether oxygens (including phenoxy) is 3. The van der Waals surface area contributed by atoms with E-state index in [0.717, 1.165) is 109 Å². The first-order chi connectivity index (χ1) is 32.5. The van der Waals surface area contributed by atoms with Gasteiger partial charge >= 0.3 is 17.9 Å². The Morgan fingerprint density at radius 3 is 1.15 bits per heavy atom. The van der Waals surface area contributed by atoms with Crippen LogP contribution in [0.25, 0.3) is 0 Å². The standard InChI is InChI=1S/C60H96O6/c1-4-7-10-13-16-19-22-25-28-30-33-35-38-41-44-47-50-53-59(62)65-56-57(55-64-58(61)52-49-46-43-40-37-34-31-27-24-21-18-15-12-9-6-3)66-60(63)54-51-48-45-42-39-36-32-29-26-23-20-17-14-11-8-5-2/h8-9,11-12,15-21,24-26,28-29,33,35,41,44,57H,4-7,10,13-14,22-23,27,30-32,34,36-40,42-43,45-56H2,1-3H3/b11-8-,12-9-,18-15-,19-16-,20-17-,24-21-,28-25-,29-26-,35-33-,44-41-. The Hall–Kier alpha value is -4.19. The molecule has 6 nitrogen and oxygen atoms in total. The molecule has 0 rings (SSSR count). The highest BCUT2D eigenvalue weighted by atomic mass is 16.6. The van der Waals surface area contributed by atoms with Crippen molar-refractivity contribution in [2.45, 2.75) is 226 Å². The van der Waals surface area contributed by atoms with Gasteiger partial charge in [0.25, 0.3) is 0 Å². The summed E-state index contributed by atoms with van der Waals surface area (Å²) < 4.78 is 16.8. The average molecular weight is 913 g/mol. The monoisotopic (exact) mass is 913 g/mol. The van der Waals surface area contributed by atoms with E-state index in [1.807, 2.05) is 0 Å². The summed E-state index contributed by atoms with van der Waals surface area (Å²) in [5, 5.41) is 0. The van der Waals surface area contributed by atoms with Crippen LogP contribution in [0.4, 0.5) is 0 Å². The molecule has 0 amide bonds. The molecule has 0 saturated carbocycles. The molecule has 0 heterocycles. The SMILES string of the molecule is CC\C=C/C=C\C=C/CCCCCCCCCC(=O)OCC(COC(=O)CCC/C=C\C/C=C\C/C=C\C/C=C\CCCCC)OC(=O)CCCCCCCC/C=C\C/C=C\C/C=C\CC. The molecule has 0 bridgehead atoms. The second-order valence-corrected chi connectivity index (χ2v) is 17.1. The zero-order valence-electron chi connectivity index (χ0n) is 42.4. The zero-order valence-corrected chi connectivity index (χ0v) is 42.4. The molecule has 1 unspecified atom stereocenters. The van der Waals surface area contributed by atoms with Crippen LogP contribution < -0.4 is 0 Å². The van der Waals surface area contributed by atoms with E-state index in [-0.39, 0.29) is 37.5 Å². The van der Waals surface area contributed by atoms with Crippen molar-refractivity contribution in [2.24, 2.45) is 0 Å². The second-order valence-electron chi connectivity index (χ2n) is 17.1. The van der Waals surface area contributed by atoms with Gasteiger partial charge in [0.05, 0.1) is 0 Å². The number of rotatable bonds is 46. The van der Waals surface area contributed by atoms with E-state index in [4.69, 9.17) is 14.2 Å². The largest absolute Gasteiger partial charge is 0.462 e. The maximum atomic E-state index is 12.8. The van der Waals surface area contributed by atoms with Crippen molar-refractivity contribution in [3.63, 3.8) is 0 Å². The van der Waals surface area contributed by atoms with Crippen LogP contribution in [-0.4, -0.2) is 37.2 Å². The maximum Gasteiger partial charge on any atom is 0.306 e. The topological polar surface area (TPSA) is 78.9 Å². The normalized spacial score (nSPS) is 13.1. The minimum Gasteiger partial charge on any atom is -0.462 e. The highest BCUT2D eigenvalue weighted by Gasteiger charge is 2.19. The average Bonchev–Trinajstić information content (AvgIpc) is 3.31. The number of carbonyl (C=O) groups excluding carboxylic acids is 3. The van der Waals surface area contributed by atoms with Gasteiger partial charge in [-0.3, -0.25) is 14.4 Å². The van der Waals surface area contributed by atoms with E-state index >= 15 is 0 Å². The summed E-state index contributed by atoms with van der Waals surface area (Å²) in [6.45, 7) is 6.29. The molecule has 0 saturated heterocycles. The Morgan fingerprint density at radius 2 is 0.682 bits per heavy atom. The number of hydrogen-bond donors (Lipinski definition) is 0. The third kappa shape index (κ3) is 50.8. The van der Waals surface area contributed by atoms with Gasteiger partial charge in [0.15, 0.2) is 6.10 Å². The lowest BCUT2D eigenvalue weighted by molar-refractivity contribution is -0.167. The van der Waals surface area contributed by atoms with Gasteiger partial charge in [0.2, 0.25) is 0 Å². The highest BCUT2D eigenvalue weighted by Crippen LogP contribution is 2.13. The Balaban J connectivity index is 4.54. The van der Waals surface area contributed by atoms with E-state index in [1.54, 1.807) is 0 Å². The van der Waals surface area contributed by atoms with Crippen LogP contribution in [-0.2, 0) is 28.6 Å². The summed E-state index contributed by atoms with van der Waals surface area (Å²) in [5.41, 5.74) is 0. The minimum atomic E-state index is -0.816. The van der Waals surface area contributed by atoms with Crippen LogP contribution in [0.15, 0.2) is 122 Å². The number of esters is 3. The molecule has 0 aliphatic rings. The van der Waals surface area contributed by atoms with Gasteiger partial charge in [-0.2, -0.15) is 0 Å². The molecule has 0 N–H and O–H groups in total. The van der Waals surface area contributed by atoms with Crippen molar-refractivity contribution in [1.29, 1.82) is 0 Å².